The second-order valence-corrected chi connectivity index (χ2v) is 8.63. The van der Waals surface area contributed by atoms with E-state index in [2.05, 4.69) is 25.1 Å². The zero-order chi connectivity index (χ0) is 20.5. The number of ether oxygens (including phenoxy) is 1. The van der Waals surface area contributed by atoms with Crippen LogP contribution in [0.1, 0.15) is 33.9 Å². The van der Waals surface area contributed by atoms with Gasteiger partial charge in [0.2, 0.25) is 5.91 Å². The number of hydrogen-bond donors (Lipinski definition) is 2. The van der Waals surface area contributed by atoms with E-state index in [0.29, 0.717) is 45.6 Å². The van der Waals surface area contributed by atoms with Crippen molar-refractivity contribution in [2.75, 3.05) is 39.8 Å². The largest absolute Gasteiger partial charge is 0.465 e. The fourth-order valence-electron chi connectivity index (χ4n) is 3.57. The Bertz CT molecular complexity index is 988. The van der Waals surface area contributed by atoms with E-state index in [1.165, 1.54) is 18.4 Å². The molecule has 29 heavy (non-hydrogen) atoms. The lowest BCUT2D eigenvalue weighted by Crippen LogP contribution is -2.49. The minimum absolute atomic E-state index is 0.104. The number of rotatable bonds is 6. The van der Waals surface area contributed by atoms with E-state index in [-0.39, 0.29) is 11.5 Å². The Hall–Kier alpha value is -2.30. The van der Waals surface area contributed by atoms with Crippen LogP contribution in [0.2, 0.25) is 0 Å². The zero-order valence-electron chi connectivity index (χ0n) is 16.6. The minimum atomic E-state index is -0.451. The van der Waals surface area contributed by atoms with E-state index in [1.807, 2.05) is 0 Å². The maximum Gasteiger partial charge on any atom is 0.348 e. The molecular weight excluding hydrogens is 394 g/mol. The molecule has 4 rings (SSSR count). The number of piperazine rings is 1. The highest BCUT2D eigenvalue weighted by molar-refractivity contribution is 7.20. The SMILES string of the molecule is COC(=O)c1sc2nc(CN3CCN(CC(=O)NC4CC4)CC3)[nH]c(=O)c2c1C. The Balaban J connectivity index is 1.39. The van der Waals surface area contributed by atoms with Gasteiger partial charge >= 0.3 is 5.97 Å². The van der Waals surface area contributed by atoms with Crippen LogP contribution in [0.4, 0.5) is 0 Å². The van der Waals surface area contributed by atoms with Crippen molar-refractivity contribution in [2.45, 2.75) is 32.4 Å². The number of H-pyrrole nitrogens is 1. The van der Waals surface area contributed by atoms with Crippen LogP contribution in [0.15, 0.2) is 4.79 Å². The second-order valence-electron chi connectivity index (χ2n) is 7.63. The van der Waals surface area contributed by atoms with Crippen molar-refractivity contribution in [3.8, 4) is 0 Å². The topological polar surface area (TPSA) is 108 Å². The van der Waals surface area contributed by atoms with Gasteiger partial charge in [0.1, 0.15) is 15.5 Å². The van der Waals surface area contributed by atoms with Crippen molar-refractivity contribution in [3.63, 3.8) is 0 Å². The van der Waals surface area contributed by atoms with Crippen LogP contribution in [0.3, 0.4) is 0 Å². The third kappa shape index (κ3) is 4.49. The van der Waals surface area contributed by atoms with Gasteiger partial charge in [-0.2, -0.15) is 0 Å². The lowest BCUT2D eigenvalue weighted by Gasteiger charge is -2.33. The summed E-state index contributed by atoms with van der Waals surface area (Å²) in [6.45, 7) is 5.91. The lowest BCUT2D eigenvalue weighted by atomic mass is 10.2. The molecule has 1 saturated carbocycles. The normalized spacial score (nSPS) is 18.1. The highest BCUT2D eigenvalue weighted by atomic mass is 32.1. The van der Waals surface area contributed by atoms with Gasteiger partial charge in [0.05, 0.1) is 25.6 Å². The van der Waals surface area contributed by atoms with Crippen molar-refractivity contribution in [3.05, 3.63) is 26.6 Å². The molecule has 0 unspecified atom stereocenters. The molecule has 2 fully saturated rings. The average molecular weight is 420 g/mol. The first-order chi connectivity index (χ1) is 13.9. The first-order valence-electron chi connectivity index (χ1n) is 9.79. The first-order valence-corrected chi connectivity index (χ1v) is 10.6. The van der Waals surface area contributed by atoms with Gasteiger partial charge in [-0.15, -0.1) is 11.3 Å². The molecule has 0 bridgehead atoms. The molecule has 2 aromatic rings. The Morgan fingerprint density at radius 1 is 1.24 bits per heavy atom. The molecule has 2 aliphatic rings. The Morgan fingerprint density at radius 2 is 1.93 bits per heavy atom. The molecule has 0 radical (unpaired) electrons. The van der Waals surface area contributed by atoms with Crippen LogP contribution in [-0.4, -0.2) is 77.5 Å². The number of nitrogens with zero attached hydrogens (tertiary/aromatic N) is 3. The van der Waals surface area contributed by atoms with Crippen LogP contribution in [-0.2, 0) is 16.1 Å². The van der Waals surface area contributed by atoms with E-state index in [4.69, 9.17) is 4.74 Å². The molecule has 0 atom stereocenters. The zero-order valence-corrected chi connectivity index (χ0v) is 17.4. The molecule has 1 saturated heterocycles. The number of fused-ring (bicyclic) bond motifs is 1. The van der Waals surface area contributed by atoms with E-state index < -0.39 is 5.97 Å². The van der Waals surface area contributed by atoms with Crippen molar-refractivity contribution >= 4 is 33.4 Å². The molecule has 2 N–H and O–H groups in total. The molecule has 0 aromatic carbocycles. The number of thiophene rings is 1. The minimum Gasteiger partial charge on any atom is -0.465 e. The van der Waals surface area contributed by atoms with Crippen molar-refractivity contribution in [1.82, 2.24) is 25.1 Å². The summed E-state index contributed by atoms with van der Waals surface area (Å²) in [6.07, 6.45) is 2.19. The summed E-state index contributed by atoms with van der Waals surface area (Å²) in [5.41, 5.74) is 0.375. The predicted octanol–water partition coefficient (Wildman–Crippen LogP) is 0.476. The number of carbonyl (C=O) groups is 2. The monoisotopic (exact) mass is 419 g/mol. The number of carbonyl (C=O) groups excluding carboxylic acids is 2. The molecule has 1 aliphatic heterocycles. The van der Waals surface area contributed by atoms with E-state index in [0.717, 1.165) is 39.0 Å². The molecule has 1 amide bonds. The number of aromatic nitrogens is 2. The fourth-order valence-corrected chi connectivity index (χ4v) is 4.69. The molecular formula is C19H25N5O4S. The summed E-state index contributed by atoms with van der Waals surface area (Å²) in [6, 6.07) is 0.391. The van der Waals surface area contributed by atoms with Crippen LogP contribution in [0.25, 0.3) is 10.2 Å². The molecule has 156 valence electrons. The van der Waals surface area contributed by atoms with Crippen molar-refractivity contribution in [1.29, 1.82) is 0 Å². The smallest absolute Gasteiger partial charge is 0.348 e. The molecule has 3 heterocycles. The molecule has 0 spiro atoms. The van der Waals surface area contributed by atoms with Gasteiger partial charge in [0.25, 0.3) is 5.56 Å². The third-order valence-electron chi connectivity index (χ3n) is 5.37. The average Bonchev–Trinajstić information content (AvgIpc) is 3.43. The van der Waals surface area contributed by atoms with Gasteiger partial charge in [-0.1, -0.05) is 0 Å². The number of hydrogen-bond acceptors (Lipinski definition) is 8. The summed E-state index contributed by atoms with van der Waals surface area (Å²) in [4.78, 5) is 49.1. The Labute approximate surface area is 172 Å². The summed E-state index contributed by atoms with van der Waals surface area (Å²) in [5, 5.41) is 3.47. The molecule has 10 heteroatoms. The van der Waals surface area contributed by atoms with Crippen LogP contribution in [0, 0.1) is 6.92 Å². The molecule has 1 aliphatic carbocycles. The van der Waals surface area contributed by atoms with Gasteiger partial charge < -0.3 is 15.0 Å². The van der Waals surface area contributed by atoms with Crippen LogP contribution < -0.4 is 10.9 Å². The van der Waals surface area contributed by atoms with Gasteiger partial charge in [-0.05, 0) is 25.3 Å². The number of amides is 1. The molecule has 2 aromatic heterocycles. The van der Waals surface area contributed by atoms with Crippen LogP contribution in [0.5, 0.6) is 0 Å². The fraction of sp³-hybridized carbons (Fsp3) is 0.579. The highest BCUT2D eigenvalue weighted by Gasteiger charge is 2.26. The Kier molecular flexibility index (Phi) is 5.66. The van der Waals surface area contributed by atoms with Crippen molar-refractivity contribution < 1.29 is 14.3 Å². The maximum absolute atomic E-state index is 12.5. The van der Waals surface area contributed by atoms with Gasteiger partial charge in [0, 0.05) is 32.2 Å². The summed E-state index contributed by atoms with van der Waals surface area (Å²) < 4.78 is 4.79. The number of methoxy groups -OCH3 is 1. The Morgan fingerprint density at radius 3 is 2.59 bits per heavy atom. The summed E-state index contributed by atoms with van der Waals surface area (Å²) in [7, 11) is 1.32. The summed E-state index contributed by atoms with van der Waals surface area (Å²) >= 11 is 1.19. The number of aromatic amines is 1. The summed E-state index contributed by atoms with van der Waals surface area (Å²) in [5.74, 6) is 0.236. The highest BCUT2D eigenvalue weighted by Crippen LogP contribution is 2.27. The van der Waals surface area contributed by atoms with Gasteiger partial charge in [-0.25, -0.2) is 9.78 Å². The second kappa shape index (κ2) is 8.21. The number of aryl methyl sites for hydroxylation is 1. The van der Waals surface area contributed by atoms with Crippen molar-refractivity contribution in [2.24, 2.45) is 0 Å². The third-order valence-corrected chi connectivity index (χ3v) is 6.53. The number of nitrogens with one attached hydrogen (secondary N) is 2. The van der Waals surface area contributed by atoms with E-state index >= 15 is 0 Å². The standard InChI is InChI=1S/C19H25N5O4S/c1-11-15-17(26)21-13(22-18(15)29-16(11)19(27)28-2)9-23-5-7-24(8-6-23)10-14(25)20-12-3-4-12/h12H,3-10H2,1-2H3,(H,20,25)(H,21,22,26). The van der Waals surface area contributed by atoms with E-state index in [1.54, 1.807) is 6.92 Å². The quantitative estimate of drug-likeness (QED) is 0.656. The van der Waals surface area contributed by atoms with Gasteiger partial charge in [-0.3, -0.25) is 19.4 Å². The first kappa shape index (κ1) is 20.0. The maximum atomic E-state index is 12.5. The molecule has 9 nitrogen and oxygen atoms in total. The van der Waals surface area contributed by atoms with E-state index in [9.17, 15) is 14.4 Å². The predicted molar refractivity (Wildman–Crippen MR) is 109 cm³/mol. The van der Waals surface area contributed by atoms with Gasteiger partial charge in [0.15, 0.2) is 0 Å². The number of esters is 1. The van der Waals surface area contributed by atoms with Crippen LogP contribution >= 0.6 is 11.3 Å². The lowest BCUT2D eigenvalue weighted by molar-refractivity contribution is -0.122.